The second kappa shape index (κ2) is 9.08. The molecule has 0 unspecified atom stereocenters. The lowest BCUT2D eigenvalue weighted by atomic mass is 10.2. The average Bonchev–Trinajstić information content (AvgIpc) is 3.03. The van der Waals surface area contributed by atoms with Crippen LogP contribution in [0.1, 0.15) is 21.6 Å². The maximum Gasteiger partial charge on any atom is 0.289 e. The van der Waals surface area contributed by atoms with Gasteiger partial charge in [0.2, 0.25) is 0 Å². The Balaban J connectivity index is 1.59. The van der Waals surface area contributed by atoms with Crippen LogP contribution in [-0.2, 0) is 12.8 Å². The minimum atomic E-state index is -0.325. The summed E-state index contributed by atoms with van der Waals surface area (Å²) in [4.78, 5) is 16.6. The maximum absolute atomic E-state index is 12.3. The van der Waals surface area contributed by atoms with Gasteiger partial charge in [-0.2, -0.15) is 5.10 Å². The van der Waals surface area contributed by atoms with Gasteiger partial charge in [-0.1, -0.05) is 59.2 Å². The van der Waals surface area contributed by atoms with Gasteiger partial charge in [-0.3, -0.25) is 4.79 Å². The first-order valence-corrected chi connectivity index (χ1v) is 9.75. The monoisotopic (exact) mass is 418 g/mol. The van der Waals surface area contributed by atoms with Gasteiger partial charge in [-0.25, -0.2) is 10.4 Å². The van der Waals surface area contributed by atoms with Crippen LogP contribution in [0.4, 0.5) is 0 Å². The zero-order valence-corrected chi connectivity index (χ0v) is 16.7. The number of nitrogens with zero attached hydrogens (tertiary/aromatic N) is 3. The molecule has 1 aromatic heterocycles. The van der Waals surface area contributed by atoms with Crippen molar-refractivity contribution < 1.29 is 4.79 Å². The van der Waals surface area contributed by atoms with Crippen LogP contribution in [0.3, 0.4) is 0 Å². The van der Waals surface area contributed by atoms with E-state index in [1.54, 1.807) is 41.7 Å². The molecule has 0 fully saturated rings. The van der Waals surface area contributed by atoms with Crippen molar-refractivity contribution in [1.82, 2.24) is 15.0 Å². The van der Waals surface area contributed by atoms with E-state index in [0.29, 0.717) is 15.7 Å². The lowest BCUT2D eigenvalue weighted by Crippen LogP contribution is -2.20. The number of hydrogen-bond donors (Lipinski definition) is 1. The van der Waals surface area contributed by atoms with Crippen molar-refractivity contribution in [2.75, 3.05) is 0 Å². The summed E-state index contributed by atoms with van der Waals surface area (Å²) in [6, 6.07) is 14.8. The average molecular weight is 419 g/mol. The van der Waals surface area contributed by atoms with Crippen LogP contribution in [0.25, 0.3) is 0 Å². The summed E-state index contributed by atoms with van der Waals surface area (Å²) in [6.45, 7) is 0. The van der Waals surface area contributed by atoms with Gasteiger partial charge < -0.3 is 4.57 Å². The van der Waals surface area contributed by atoms with Crippen molar-refractivity contribution in [1.29, 1.82) is 0 Å². The van der Waals surface area contributed by atoms with Crippen molar-refractivity contribution >= 4 is 47.1 Å². The Hall–Kier alpha value is -2.28. The number of hydrazone groups is 1. The van der Waals surface area contributed by atoms with Gasteiger partial charge in [0.1, 0.15) is 5.69 Å². The third-order valence-electron chi connectivity index (χ3n) is 3.71. The van der Waals surface area contributed by atoms with Crippen LogP contribution in [0.2, 0.25) is 10.0 Å². The molecule has 138 valence electrons. The molecule has 0 saturated heterocycles. The van der Waals surface area contributed by atoms with E-state index in [0.717, 1.165) is 22.0 Å². The quantitative estimate of drug-likeness (QED) is 0.355. The molecule has 3 rings (SSSR count). The van der Waals surface area contributed by atoms with Crippen LogP contribution in [0.15, 0.2) is 65.0 Å². The molecule has 1 N–H and O–H groups in total. The lowest BCUT2D eigenvalue weighted by molar-refractivity contribution is 0.0946. The highest BCUT2D eigenvalue weighted by molar-refractivity contribution is 7.98. The number of rotatable bonds is 6. The Morgan fingerprint density at radius 3 is 2.44 bits per heavy atom. The maximum atomic E-state index is 12.3. The standard InChI is InChI=1S/C19H16Cl2N4OS/c1-25-17(18(26)24-23-10-13-2-6-15(20)7-3-13)11-22-19(25)27-12-14-4-8-16(21)9-5-14/h2-11H,12H2,1H3,(H,24,26)/b23-10-. The van der Waals surface area contributed by atoms with E-state index in [4.69, 9.17) is 23.2 Å². The fourth-order valence-corrected chi connectivity index (χ4v) is 3.40. The second-order valence-corrected chi connectivity index (χ2v) is 7.47. The second-order valence-electron chi connectivity index (χ2n) is 5.65. The highest BCUT2D eigenvalue weighted by Gasteiger charge is 2.13. The van der Waals surface area contributed by atoms with E-state index >= 15 is 0 Å². The molecule has 0 aliphatic rings. The minimum absolute atomic E-state index is 0.325. The molecule has 1 heterocycles. The Bertz CT molecular complexity index is 953. The van der Waals surface area contributed by atoms with Gasteiger partial charge in [-0.05, 0) is 35.4 Å². The van der Waals surface area contributed by atoms with Crippen molar-refractivity contribution in [3.05, 3.63) is 81.6 Å². The summed E-state index contributed by atoms with van der Waals surface area (Å²) in [7, 11) is 1.80. The van der Waals surface area contributed by atoms with Crippen LogP contribution < -0.4 is 5.43 Å². The summed E-state index contributed by atoms with van der Waals surface area (Å²) >= 11 is 13.3. The highest BCUT2D eigenvalue weighted by atomic mass is 35.5. The van der Waals surface area contributed by atoms with Gasteiger partial charge in [-0.15, -0.1) is 0 Å². The molecule has 0 spiro atoms. The Morgan fingerprint density at radius 2 is 1.78 bits per heavy atom. The summed E-state index contributed by atoms with van der Waals surface area (Å²) < 4.78 is 1.74. The molecule has 0 aliphatic carbocycles. The van der Waals surface area contributed by atoms with Gasteiger partial charge in [0.15, 0.2) is 5.16 Å². The Morgan fingerprint density at radius 1 is 1.15 bits per heavy atom. The molecule has 8 heteroatoms. The van der Waals surface area contributed by atoms with Crippen LogP contribution in [0, 0.1) is 0 Å². The predicted molar refractivity (Wildman–Crippen MR) is 111 cm³/mol. The number of aromatic nitrogens is 2. The predicted octanol–water partition coefficient (Wildman–Crippen LogP) is 4.78. The van der Waals surface area contributed by atoms with E-state index in [2.05, 4.69) is 15.5 Å². The highest BCUT2D eigenvalue weighted by Crippen LogP contribution is 2.23. The fraction of sp³-hybridized carbons (Fsp3) is 0.105. The van der Waals surface area contributed by atoms with Crippen molar-refractivity contribution in [2.24, 2.45) is 12.1 Å². The first-order chi connectivity index (χ1) is 13.0. The molecule has 0 saturated carbocycles. The van der Waals surface area contributed by atoms with Crippen LogP contribution >= 0.6 is 35.0 Å². The number of imidazole rings is 1. The molecule has 0 atom stereocenters. The fourth-order valence-electron chi connectivity index (χ4n) is 2.24. The third kappa shape index (κ3) is 5.35. The van der Waals surface area contributed by atoms with Gasteiger partial charge in [0, 0.05) is 22.8 Å². The Kier molecular flexibility index (Phi) is 6.55. The van der Waals surface area contributed by atoms with E-state index in [1.807, 2.05) is 36.4 Å². The summed E-state index contributed by atoms with van der Waals surface area (Å²) in [5.74, 6) is 0.409. The van der Waals surface area contributed by atoms with E-state index < -0.39 is 0 Å². The normalized spacial score (nSPS) is 11.1. The number of nitrogens with one attached hydrogen (secondary N) is 1. The molecule has 0 radical (unpaired) electrons. The number of benzene rings is 2. The summed E-state index contributed by atoms with van der Waals surface area (Å²) in [6.07, 6.45) is 3.10. The third-order valence-corrected chi connectivity index (χ3v) is 5.33. The van der Waals surface area contributed by atoms with Crippen LogP contribution in [0.5, 0.6) is 0 Å². The molecular weight excluding hydrogens is 403 g/mol. The van der Waals surface area contributed by atoms with Gasteiger partial charge in [0.25, 0.3) is 5.91 Å². The first-order valence-electron chi connectivity index (χ1n) is 8.01. The number of hydrogen-bond acceptors (Lipinski definition) is 4. The minimum Gasteiger partial charge on any atom is -0.318 e. The van der Waals surface area contributed by atoms with E-state index in [9.17, 15) is 4.79 Å². The molecular formula is C19H16Cl2N4OS. The molecule has 3 aromatic rings. The number of carbonyl (C=O) groups is 1. The van der Waals surface area contributed by atoms with Crippen molar-refractivity contribution in [3.63, 3.8) is 0 Å². The van der Waals surface area contributed by atoms with Crippen LogP contribution in [-0.4, -0.2) is 21.7 Å². The molecule has 27 heavy (non-hydrogen) atoms. The Labute approximate surface area is 171 Å². The SMILES string of the molecule is Cn1c(C(=O)N/N=C\c2ccc(Cl)cc2)cnc1SCc1ccc(Cl)cc1. The van der Waals surface area contributed by atoms with Gasteiger partial charge in [0.05, 0.1) is 12.4 Å². The summed E-state index contributed by atoms with van der Waals surface area (Å²) in [5.41, 5.74) is 4.91. The lowest BCUT2D eigenvalue weighted by Gasteiger charge is -2.05. The molecule has 0 bridgehead atoms. The smallest absolute Gasteiger partial charge is 0.289 e. The summed E-state index contributed by atoms with van der Waals surface area (Å²) in [5, 5.41) is 6.07. The van der Waals surface area contributed by atoms with Crippen molar-refractivity contribution in [3.8, 4) is 0 Å². The van der Waals surface area contributed by atoms with E-state index in [1.165, 1.54) is 6.20 Å². The van der Waals surface area contributed by atoms with E-state index in [-0.39, 0.29) is 5.91 Å². The van der Waals surface area contributed by atoms with Gasteiger partial charge >= 0.3 is 0 Å². The largest absolute Gasteiger partial charge is 0.318 e. The number of carbonyl (C=O) groups excluding carboxylic acids is 1. The zero-order chi connectivity index (χ0) is 19.2. The zero-order valence-electron chi connectivity index (χ0n) is 14.4. The molecule has 1 amide bonds. The number of amides is 1. The first kappa shape index (κ1) is 19.5. The topological polar surface area (TPSA) is 59.3 Å². The van der Waals surface area contributed by atoms with Crippen molar-refractivity contribution in [2.45, 2.75) is 10.9 Å². The molecule has 0 aliphatic heterocycles. The molecule has 2 aromatic carbocycles. The molecule has 5 nitrogen and oxygen atoms in total. The number of thioether (sulfide) groups is 1. The number of halogens is 2.